The van der Waals surface area contributed by atoms with E-state index >= 15 is 0 Å². The minimum absolute atomic E-state index is 0.247. The van der Waals surface area contributed by atoms with Crippen LogP contribution in [0.25, 0.3) is 0 Å². The van der Waals surface area contributed by atoms with E-state index in [-0.39, 0.29) is 18.5 Å². The van der Waals surface area contributed by atoms with Crippen LogP contribution in [0, 0.1) is 17.3 Å². The van der Waals surface area contributed by atoms with Gasteiger partial charge in [-0.15, -0.1) is 0 Å². The molecule has 0 aromatic heterocycles. The van der Waals surface area contributed by atoms with E-state index in [0.717, 1.165) is 37.8 Å². The average molecular weight is 343 g/mol. The number of ether oxygens (including phenoxy) is 1. The molecule has 2 unspecified atom stereocenters. The lowest BCUT2D eigenvalue weighted by Gasteiger charge is -2.58. The van der Waals surface area contributed by atoms with Crippen molar-refractivity contribution in [3.05, 3.63) is 30.3 Å². The van der Waals surface area contributed by atoms with E-state index in [2.05, 4.69) is 0 Å². The summed E-state index contributed by atoms with van der Waals surface area (Å²) >= 11 is 0. The second-order valence-corrected chi connectivity index (χ2v) is 8.33. The number of carbonyl (C=O) groups excluding carboxylic acids is 2. The molecule has 1 aromatic rings. The minimum Gasteiger partial charge on any atom is -0.455 e. The van der Waals surface area contributed by atoms with E-state index in [0.29, 0.717) is 18.3 Å². The van der Waals surface area contributed by atoms with Gasteiger partial charge in [-0.25, -0.2) is 0 Å². The third-order valence-corrected chi connectivity index (χ3v) is 6.31. The molecule has 4 aliphatic rings. The highest BCUT2D eigenvalue weighted by Gasteiger charge is 2.60. The SMILES string of the molecule is CN(C(=O)COC(=O)C12CC3CC(CC(O)(C3)C1)C2)c1ccccc1. The molecule has 1 aromatic carbocycles. The molecular formula is C20H25NO4. The largest absolute Gasteiger partial charge is 0.455 e. The second kappa shape index (κ2) is 5.84. The fourth-order valence-electron chi connectivity index (χ4n) is 5.63. The van der Waals surface area contributed by atoms with Gasteiger partial charge in [-0.05, 0) is 62.5 Å². The Bertz CT molecular complexity index is 672. The molecule has 25 heavy (non-hydrogen) atoms. The van der Waals surface area contributed by atoms with Crippen LogP contribution in [0.2, 0.25) is 0 Å². The molecule has 0 spiro atoms. The van der Waals surface area contributed by atoms with E-state index in [9.17, 15) is 14.7 Å². The zero-order valence-electron chi connectivity index (χ0n) is 14.6. The molecule has 0 heterocycles. The van der Waals surface area contributed by atoms with Crippen molar-refractivity contribution in [1.29, 1.82) is 0 Å². The molecule has 1 N–H and O–H groups in total. The lowest BCUT2D eigenvalue weighted by molar-refractivity contribution is -0.196. The van der Waals surface area contributed by atoms with Crippen LogP contribution >= 0.6 is 0 Å². The Morgan fingerprint density at radius 1 is 1.16 bits per heavy atom. The first-order valence-corrected chi connectivity index (χ1v) is 9.10. The predicted molar refractivity (Wildman–Crippen MR) is 92.9 cm³/mol. The van der Waals surface area contributed by atoms with Crippen LogP contribution < -0.4 is 4.90 Å². The van der Waals surface area contributed by atoms with Crippen molar-refractivity contribution >= 4 is 17.6 Å². The Kier molecular flexibility index (Phi) is 3.87. The summed E-state index contributed by atoms with van der Waals surface area (Å²) in [5.41, 5.74) is -0.508. The monoisotopic (exact) mass is 343 g/mol. The number of amides is 1. The lowest BCUT2D eigenvalue weighted by Crippen LogP contribution is -2.58. The normalized spacial score (nSPS) is 35.4. The number of rotatable bonds is 4. The number of aliphatic hydroxyl groups is 1. The van der Waals surface area contributed by atoms with Crippen molar-refractivity contribution in [2.45, 2.75) is 44.1 Å². The number of esters is 1. The molecule has 5 nitrogen and oxygen atoms in total. The molecule has 4 saturated carbocycles. The Hall–Kier alpha value is -1.88. The number of carbonyl (C=O) groups is 2. The Labute approximate surface area is 148 Å². The van der Waals surface area contributed by atoms with Gasteiger partial charge in [0.15, 0.2) is 6.61 Å². The van der Waals surface area contributed by atoms with Crippen LogP contribution in [-0.4, -0.2) is 36.2 Å². The molecule has 2 atom stereocenters. The van der Waals surface area contributed by atoms with Crippen LogP contribution in [0.1, 0.15) is 38.5 Å². The summed E-state index contributed by atoms with van der Waals surface area (Å²) in [6.45, 7) is -0.250. The first-order chi connectivity index (χ1) is 11.9. The van der Waals surface area contributed by atoms with Gasteiger partial charge in [-0.3, -0.25) is 9.59 Å². The van der Waals surface area contributed by atoms with Crippen LogP contribution in [0.15, 0.2) is 30.3 Å². The second-order valence-electron chi connectivity index (χ2n) is 8.33. The number of anilines is 1. The molecule has 4 bridgehead atoms. The summed E-state index contributed by atoms with van der Waals surface area (Å²) in [4.78, 5) is 26.6. The summed E-state index contributed by atoms with van der Waals surface area (Å²) in [7, 11) is 1.68. The van der Waals surface area contributed by atoms with Gasteiger partial charge in [0.05, 0.1) is 11.0 Å². The third-order valence-electron chi connectivity index (χ3n) is 6.31. The Morgan fingerprint density at radius 2 is 1.80 bits per heavy atom. The van der Waals surface area contributed by atoms with Gasteiger partial charge < -0.3 is 14.7 Å². The number of para-hydroxylation sites is 1. The van der Waals surface area contributed by atoms with Crippen LogP contribution in [0.4, 0.5) is 5.69 Å². The van der Waals surface area contributed by atoms with Crippen molar-refractivity contribution in [2.75, 3.05) is 18.6 Å². The van der Waals surface area contributed by atoms with Crippen LogP contribution in [-0.2, 0) is 14.3 Å². The van der Waals surface area contributed by atoms with Gasteiger partial charge >= 0.3 is 5.97 Å². The Morgan fingerprint density at radius 3 is 2.40 bits per heavy atom. The molecule has 4 fully saturated rings. The smallest absolute Gasteiger partial charge is 0.312 e. The highest BCUT2D eigenvalue weighted by Crippen LogP contribution is 2.61. The molecule has 0 radical (unpaired) electrons. The Balaban J connectivity index is 1.40. The summed E-state index contributed by atoms with van der Waals surface area (Å²) in [6.07, 6.45) is 4.84. The van der Waals surface area contributed by atoms with Gasteiger partial charge in [0.2, 0.25) is 0 Å². The maximum atomic E-state index is 12.8. The van der Waals surface area contributed by atoms with Crippen molar-refractivity contribution in [1.82, 2.24) is 0 Å². The van der Waals surface area contributed by atoms with Gasteiger partial charge in [-0.1, -0.05) is 18.2 Å². The quantitative estimate of drug-likeness (QED) is 0.853. The molecule has 1 amide bonds. The number of likely N-dealkylation sites (N-methyl/N-ethyl adjacent to an activating group) is 1. The predicted octanol–water partition coefficient (Wildman–Crippen LogP) is 2.52. The minimum atomic E-state index is -0.700. The van der Waals surface area contributed by atoms with Crippen molar-refractivity contribution in [2.24, 2.45) is 17.3 Å². The zero-order chi connectivity index (χ0) is 17.7. The van der Waals surface area contributed by atoms with E-state index in [1.54, 1.807) is 7.05 Å². The molecule has 0 saturated heterocycles. The lowest BCUT2D eigenvalue weighted by atomic mass is 9.48. The fraction of sp³-hybridized carbons (Fsp3) is 0.600. The molecular weight excluding hydrogens is 318 g/mol. The van der Waals surface area contributed by atoms with Gasteiger partial charge in [0, 0.05) is 12.7 Å². The highest BCUT2D eigenvalue weighted by molar-refractivity contribution is 5.95. The van der Waals surface area contributed by atoms with Gasteiger partial charge in [0.1, 0.15) is 0 Å². The fourth-order valence-corrected chi connectivity index (χ4v) is 5.63. The third kappa shape index (κ3) is 2.95. The summed E-state index contributed by atoms with van der Waals surface area (Å²) < 4.78 is 5.44. The van der Waals surface area contributed by atoms with Crippen molar-refractivity contribution in [3.63, 3.8) is 0 Å². The van der Waals surface area contributed by atoms with Crippen LogP contribution in [0.5, 0.6) is 0 Å². The average Bonchev–Trinajstić information content (AvgIpc) is 2.57. The zero-order valence-corrected chi connectivity index (χ0v) is 14.6. The maximum Gasteiger partial charge on any atom is 0.312 e. The summed E-state index contributed by atoms with van der Waals surface area (Å²) in [5.74, 6) is 0.292. The van der Waals surface area contributed by atoms with Crippen LogP contribution in [0.3, 0.4) is 0 Å². The molecule has 0 aliphatic heterocycles. The van der Waals surface area contributed by atoms with Gasteiger partial charge in [0.25, 0.3) is 5.91 Å². The molecule has 4 aliphatic carbocycles. The number of hydrogen-bond acceptors (Lipinski definition) is 4. The van der Waals surface area contributed by atoms with E-state index in [1.807, 2.05) is 30.3 Å². The number of benzene rings is 1. The number of hydrogen-bond donors (Lipinski definition) is 1. The standard InChI is InChI=1S/C20H25NO4/c1-21(16-5-3-2-4-6-16)17(22)12-25-18(23)19-8-14-7-15(9-19)11-20(24,10-14)13-19/h2-6,14-15,24H,7-13H2,1H3. The molecule has 134 valence electrons. The summed E-state index contributed by atoms with van der Waals surface area (Å²) in [5, 5.41) is 10.7. The summed E-state index contributed by atoms with van der Waals surface area (Å²) in [6, 6.07) is 9.30. The topological polar surface area (TPSA) is 66.8 Å². The highest BCUT2D eigenvalue weighted by atomic mass is 16.5. The van der Waals surface area contributed by atoms with E-state index < -0.39 is 11.0 Å². The van der Waals surface area contributed by atoms with Crippen molar-refractivity contribution in [3.8, 4) is 0 Å². The van der Waals surface area contributed by atoms with E-state index in [1.165, 1.54) is 4.90 Å². The molecule has 5 rings (SSSR count). The molecule has 5 heteroatoms. The van der Waals surface area contributed by atoms with E-state index in [4.69, 9.17) is 4.74 Å². The maximum absolute atomic E-state index is 12.8. The first-order valence-electron chi connectivity index (χ1n) is 9.10. The first kappa shape index (κ1) is 16.6. The van der Waals surface area contributed by atoms with Crippen molar-refractivity contribution < 1.29 is 19.4 Å². The van der Waals surface area contributed by atoms with Gasteiger partial charge in [-0.2, -0.15) is 0 Å². The number of nitrogens with zero attached hydrogens (tertiary/aromatic N) is 1.